The first-order valence-corrected chi connectivity index (χ1v) is 9.28. The first-order valence-electron chi connectivity index (χ1n) is 7.63. The van der Waals surface area contributed by atoms with E-state index in [9.17, 15) is 8.42 Å². The highest BCUT2D eigenvalue weighted by atomic mass is 32.2. The third kappa shape index (κ3) is 5.05. The number of nitrogens with two attached hydrogens (primary N) is 1. The summed E-state index contributed by atoms with van der Waals surface area (Å²) < 4.78 is 27.0. The van der Waals surface area contributed by atoms with Gasteiger partial charge < -0.3 is 5.73 Å². The van der Waals surface area contributed by atoms with Crippen molar-refractivity contribution >= 4 is 10.0 Å². The molecule has 1 saturated carbocycles. The Hall–Kier alpha value is -0.980. The molecule has 1 fully saturated rings. The highest BCUT2D eigenvalue weighted by Gasteiger charge is 2.31. The molecule has 0 bridgehead atoms. The van der Waals surface area contributed by atoms with Gasteiger partial charge in [0.1, 0.15) is 0 Å². The Morgan fingerprint density at radius 1 is 1.24 bits per heavy atom. The van der Waals surface area contributed by atoms with E-state index in [0.29, 0.717) is 19.5 Å². The van der Waals surface area contributed by atoms with Crippen LogP contribution < -0.4 is 10.5 Å². The van der Waals surface area contributed by atoms with Crippen LogP contribution >= 0.6 is 0 Å². The molecule has 5 nitrogen and oxygen atoms in total. The highest BCUT2D eigenvalue weighted by Crippen LogP contribution is 2.34. The van der Waals surface area contributed by atoms with Gasteiger partial charge in [0.15, 0.2) is 0 Å². The van der Waals surface area contributed by atoms with Crippen LogP contribution in [0.15, 0.2) is 24.4 Å². The minimum absolute atomic E-state index is 0.0453. The van der Waals surface area contributed by atoms with E-state index in [1.165, 1.54) is 6.42 Å². The van der Waals surface area contributed by atoms with Crippen molar-refractivity contribution in [2.75, 3.05) is 18.8 Å². The van der Waals surface area contributed by atoms with Crippen LogP contribution in [0.25, 0.3) is 0 Å². The van der Waals surface area contributed by atoms with Crippen molar-refractivity contribution in [1.29, 1.82) is 0 Å². The van der Waals surface area contributed by atoms with E-state index in [2.05, 4.69) is 9.71 Å². The van der Waals surface area contributed by atoms with Gasteiger partial charge >= 0.3 is 0 Å². The van der Waals surface area contributed by atoms with Gasteiger partial charge in [-0.15, -0.1) is 0 Å². The lowest BCUT2D eigenvalue weighted by Gasteiger charge is -2.36. The number of hydrogen-bond donors (Lipinski definition) is 2. The van der Waals surface area contributed by atoms with Gasteiger partial charge in [0, 0.05) is 24.9 Å². The lowest BCUT2D eigenvalue weighted by molar-refractivity contribution is 0.202. The smallest absolute Gasteiger partial charge is 0.211 e. The summed E-state index contributed by atoms with van der Waals surface area (Å²) >= 11 is 0. The summed E-state index contributed by atoms with van der Waals surface area (Å²) in [5.41, 5.74) is 6.64. The first kappa shape index (κ1) is 16.4. The molecular formula is C15H25N3O2S. The predicted molar refractivity (Wildman–Crippen MR) is 84.3 cm³/mol. The highest BCUT2D eigenvalue weighted by molar-refractivity contribution is 7.89. The number of aromatic nitrogens is 1. The fourth-order valence-electron chi connectivity index (χ4n) is 2.88. The molecule has 0 atom stereocenters. The Bertz CT molecular complexity index is 525. The third-order valence-corrected chi connectivity index (χ3v) is 5.69. The van der Waals surface area contributed by atoms with Crippen LogP contribution in [0, 0.1) is 5.41 Å². The zero-order chi connectivity index (χ0) is 15.2. The van der Waals surface area contributed by atoms with Gasteiger partial charge in [-0.2, -0.15) is 0 Å². The molecule has 6 heteroatoms. The average molecular weight is 311 g/mol. The maximum absolute atomic E-state index is 12.1. The minimum Gasteiger partial charge on any atom is -0.330 e. The van der Waals surface area contributed by atoms with Crippen LogP contribution in [0.1, 0.15) is 37.8 Å². The van der Waals surface area contributed by atoms with Crippen molar-refractivity contribution in [1.82, 2.24) is 9.71 Å². The van der Waals surface area contributed by atoms with Crippen molar-refractivity contribution in [3.8, 4) is 0 Å². The summed E-state index contributed by atoms with van der Waals surface area (Å²) in [5, 5.41) is 0. The number of sulfonamides is 1. The monoisotopic (exact) mass is 311 g/mol. The summed E-state index contributed by atoms with van der Waals surface area (Å²) in [4.78, 5) is 4.15. The quantitative estimate of drug-likeness (QED) is 0.798. The second kappa shape index (κ2) is 7.33. The van der Waals surface area contributed by atoms with Crippen LogP contribution in [0.2, 0.25) is 0 Å². The molecule has 0 saturated heterocycles. The molecule has 3 N–H and O–H groups in total. The SMILES string of the molecule is NCC1(CNS(=O)(=O)CCc2ccccn2)CCCCC1. The summed E-state index contributed by atoms with van der Waals surface area (Å²) in [6.07, 6.45) is 7.68. The van der Waals surface area contributed by atoms with E-state index in [1.807, 2.05) is 18.2 Å². The standard InChI is InChI=1S/C15H25N3O2S/c16-12-15(8-3-1-4-9-15)13-18-21(19,20)11-7-14-6-2-5-10-17-14/h2,5-6,10,18H,1,3-4,7-9,11-13,16H2. The first-order chi connectivity index (χ1) is 10.1. The fraction of sp³-hybridized carbons (Fsp3) is 0.667. The maximum Gasteiger partial charge on any atom is 0.211 e. The molecule has 1 heterocycles. The summed E-state index contributed by atoms with van der Waals surface area (Å²) in [6.45, 7) is 1.02. The molecule has 1 aliphatic carbocycles. The molecule has 21 heavy (non-hydrogen) atoms. The lowest BCUT2D eigenvalue weighted by Crippen LogP contribution is -2.44. The largest absolute Gasteiger partial charge is 0.330 e. The van der Waals surface area contributed by atoms with E-state index in [1.54, 1.807) is 6.20 Å². The Labute approximate surface area is 127 Å². The van der Waals surface area contributed by atoms with Gasteiger partial charge in [-0.3, -0.25) is 4.98 Å². The van der Waals surface area contributed by atoms with Gasteiger partial charge in [-0.25, -0.2) is 13.1 Å². The van der Waals surface area contributed by atoms with Crippen molar-refractivity contribution < 1.29 is 8.42 Å². The molecule has 0 aromatic carbocycles. The Kier molecular flexibility index (Phi) is 5.72. The topological polar surface area (TPSA) is 85.1 Å². The molecule has 1 aliphatic rings. The molecule has 118 valence electrons. The van der Waals surface area contributed by atoms with E-state index < -0.39 is 10.0 Å². The molecule has 0 spiro atoms. The van der Waals surface area contributed by atoms with Gasteiger partial charge in [-0.05, 0) is 36.9 Å². The molecule has 0 unspecified atom stereocenters. The van der Waals surface area contributed by atoms with Crippen LogP contribution in [0.3, 0.4) is 0 Å². The number of pyridine rings is 1. The van der Waals surface area contributed by atoms with Crippen molar-refractivity contribution in [3.05, 3.63) is 30.1 Å². The van der Waals surface area contributed by atoms with E-state index in [4.69, 9.17) is 5.73 Å². The molecule has 1 aromatic heterocycles. The zero-order valence-corrected chi connectivity index (χ0v) is 13.2. The van der Waals surface area contributed by atoms with Gasteiger partial charge in [0.25, 0.3) is 0 Å². The van der Waals surface area contributed by atoms with E-state index in [0.717, 1.165) is 31.4 Å². The van der Waals surface area contributed by atoms with Crippen LogP contribution in [0.4, 0.5) is 0 Å². The van der Waals surface area contributed by atoms with Gasteiger partial charge in [-0.1, -0.05) is 25.3 Å². The third-order valence-electron chi connectivity index (χ3n) is 4.37. The maximum atomic E-state index is 12.1. The fourth-order valence-corrected chi connectivity index (χ4v) is 4.02. The van der Waals surface area contributed by atoms with Crippen LogP contribution in [0.5, 0.6) is 0 Å². The Balaban J connectivity index is 1.85. The normalized spacial score (nSPS) is 18.5. The Morgan fingerprint density at radius 3 is 2.62 bits per heavy atom. The number of rotatable bonds is 7. The zero-order valence-electron chi connectivity index (χ0n) is 12.4. The molecule has 0 amide bonds. The molecule has 0 aliphatic heterocycles. The number of aryl methyl sites for hydroxylation is 1. The lowest BCUT2D eigenvalue weighted by atomic mass is 9.74. The predicted octanol–water partition coefficient (Wildman–Crippen LogP) is 1.45. The molecular weight excluding hydrogens is 286 g/mol. The summed E-state index contributed by atoms with van der Waals surface area (Å²) in [6, 6.07) is 5.54. The van der Waals surface area contributed by atoms with E-state index >= 15 is 0 Å². The van der Waals surface area contributed by atoms with Crippen LogP contribution in [-0.4, -0.2) is 32.2 Å². The summed E-state index contributed by atoms with van der Waals surface area (Å²) in [5.74, 6) is 0.0741. The van der Waals surface area contributed by atoms with Gasteiger partial charge in [0.2, 0.25) is 10.0 Å². The second-order valence-corrected chi connectivity index (χ2v) is 7.90. The number of hydrogen-bond acceptors (Lipinski definition) is 4. The summed E-state index contributed by atoms with van der Waals surface area (Å²) in [7, 11) is -3.27. The Morgan fingerprint density at radius 2 is 2.00 bits per heavy atom. The van der Waals surface area contributed by atoms with Gasteiger partial charge in [0.05, 0.1) is 5.75 Å². The van der Waals surface area contributed by atoms with Crippen molar-refractivity contribution in [3.63, 3.8) is 0 Å². The molecule has 1 aromatic rings. The van der Waals surface area contributed by atoms with E-state index in [-0.39, 0.29) is 11.2 Å². The molecule has 2 rings (SSSR count). The van der Waals surface area contributed by atoms with Crippen molar-refractivity contribution in [2.45, 2.75) is 38.5 Å². The van der Waals surface area contributed by atoms with Crippen molar-refractivity contribution in [2.24, 2.45) is 11.1 Å². The number of nitrogens with one attached hydrogen (secondary N) is 1. The average Bonchev–Trinajstić information content (AvgIpc) is 2.53. The van der Waals surface area contributed by atoms with Crippen LogP contribution in [-0.2, 0) is 16.4 Å². The number of nitrogens with zero attached hydrogens (tertiary/aromatic N) is 1. The molecule has 0 radical (unpaired) electrons. The second-order valence-electron chi connectivity index (χ2n) is 5.98. The minimum atomic E-state index is -3.27.